The number of benzene rings is 1. The molecular formula is C10H9BrClF3. The first-order valence-electron chi connectivity index (χ1n) is 4.34. The molecule has 0 aliphatic carbocycles. The molecule has 0 radical (unpaired) electrons. The maximum atomic E-state index is 12.4. The summed E-state index contributed by atoms with van der Waals surface area (Å²) in [5.74, 6) is 0. The van der Waals surface area contributed by atoms with Crippen LogP contribution in [0.5, 0.6) is 0 Å². The van der Waals surface area contributed by atoms with Crippen LogP contribution in [0.2, 0.25) is 5.02 Å². The van der Waals surface area contributed by atoms with E-state index in [9.17, 15) is 13.2 Å². The first kappa shape index (κ1) is 12.8. The summed E-state index contributed by atoms with van der Waals surface area (Å²) in [5.41, 5.74) is 0.943. The van der Waals surface area contributed by atoms with Crippen LogP contribution in [-0.4, -0.2) is 6.18 Å². The van der Waals surface area contributed by atoms with Gasteiger partial charge in [-0.3, -0.25) is 0 Å². The van der Waals surface area contributed by atoms with E-state index in [0.29, 0.717) is 11.4 Å². The minimum Gasteiger partial charge on any atom is -0.169 e. The van der Waals surface area contributed by atoms with Crippen LogP contribution in [0.15, 0.2) is 18.2 Å². The molecule has 84 valence electrons. The van der Waals surface area contributed by atoms with E-state index in [1.54, 1.807) is 6.07 Å². The third-order valence-corrected chi connectivity index (χ3v) is 3.23. The zero-order valence-corrected chi connectivity index (χ0v) is 10.2. The molecule has 5 heteroatoms. The Balaban J connectivity index is 3.09. The van der Waals surface area contributed by atoms with Crippen molar-refractivity contribution in [2.75, 3.05) is 0 Å². The van der Waals surface area contributed by atoms with E-state index in [2.05, 4.69) is 15.9 Å². The number of halogens is 5. The molecule has 1 aromatic rings. The highest BCUT2D eigenvalue weighted by Gasteiger charge is 2.38. The number of alkyl halides is 4. The van der Waals surface area contributed by atoms with Gasteiger partial charge in [0.05, 0.1) is 0 Å². The van der Waals surface area contributed by atoms with E-state index in [-0.39, 0.29) is 5.56 Å². The molecule has 1 rings (SSSR count). The van der Waals surface area contributed by atoms with Crippen LogP contribution in [0.4, 0.5) is 13.2 Å². The maximum absolute atomic E-state index is 12.4. The zero-order valence-electron chi connectivity index (χ0n) is 7.91. The van der Waals surface area contributed by atoms with Gasteiger partial charge in [0.1, 0.15) is 4.83 Å². The Morgan fingerprint density at radius 3 is 2.40 bits per heavy atom. The normalized spacial score (nSPS) is 14.0. The summed E-state index contributed by atoms with van der Waals surface area (Å²) in [6.07, 6.45) is -3.64. The van der Waals surface area contributed by atoms with Gasteiger partial charge in [-0.25, -0.2) is 0 Å². The first-order chi connectivity index (χ1) is 6.84. The second-order valence-corrected chi connectivity index (χ2v) is 4.50. The fraction of sp³-hybridized carbons (Fsp3) is 0.400. The topological polar surface area (TPSA) is 0 Å². The van der Waals surface area contributed by atoms with E-state index in [1.807, 2.05) is 6.92 Å². The predicted molar refractivity (Wildman–Crippen MR) is 58.6 cm³/mol. The molecule has 1 aromatic carbocycles. The largest absolute Gasteiger partial charge is 0.405 e. The molecule has 15 heavy (non-hydrogen) atoms. The highest BCUT2D eigenvalue weighted by Crippen LogP contribution is 2.40. The van der Waals surface area contributed by atoms with Gasteiger partial charge in [0.25, 0.3) is 0 Å². The summed E-state index contributed by atoms with van der Waals surface area (Å²) in [5, 5.41) is 0.332. The lowest BCUT2D eigenvalue weighted by atomic mass is 10.1. The van der Waals surface area contributed by atoms with Crippen LogP contribution < -0.4 is 0 Å². The van der Waals surface area contributed by atoms with Crippen LogP contribution in [0.1, 0.15) is 22.9 Å². The molecule has 0 nitrogen and oxygen atoms in total. The number of aryl methyl sites for hydroxylation is 1. The highest BCUT2D eigenvalue weighted by atomic mass is 79.9. The van der Waals surface area contributed by atoms with Crippen molar-refractivity contribution in [1.29, 1.82) is 0 Å². The molecule has 0 amide bonds. The van der Waals surface area contributed by atoms with Gasteiger partial charge >= 0.3 is 6.18 Å². The Morgan fingerprint density at radius 1 is 1.33 bits per heavy atom. The molecule has 0 bridgehead atoms. The van der Waals surface area contributed by atoms with Crippen molar-refractivity contribution in [3.63, 3.8) is 0 Å². The third kappa shape index (κ3) is 3.38. The van der Waals surface area contributed by atoms with E-state index < -0.39 is 11.0 Å². The first-order valence-corrected chi connectivity index (χ1v) is 5.64. The molecule has 0 saturated heterocycles. The molecule has 0 aliphatic heterocycles. The summed E-state index contributed by atoms with van der Waals surface area (Å²) in [6, 6.07) is 4.51. The van der Waals surface area contributed by atoms with Crippen molar-refractivity contribution < 1.29 is 13.2 Å². The predicted octanol–water partition coefficient (Wildman–Crippen LogP) is 4.90. The van der Waals surface area contributed by atoms with Crippen LogP contribution in [0, 0.1) is 0 Å². The lowest BCUT2D eigenvalue weighted by molar-refractivity contribution is -0.128. The Labute approximate surface area is 99.6 Å². The number of hydrogen-bond acceptors (Lipinski definition) is 0. The smallest absolute Gasteiger partial charge is 0.169 e. The third-order valence-electron chi connectivity index (χ3n) is 1.97. The maximum Gasteiger partial charge on any atom is 0.405 e. The Morgan fingerprint density at radius 2 is 1.93 bits per heavy atom. The number of hydrogen-bond donors (Lipinski definition) is 0. The SMILES string of the molecule is CCc1cc(Cl)cc(C(Br)C(F)(F)F)c1. The molecule has 1 atom stereocenters. The van der Waals surface area contributed by atoms with Crippen molar-refractivity contribution in [3.8, 4) is 0 Å². The van der Waals surface area contributed by atoms with Gasteiger partial charge in [-0.05, 0) is 29.7 Å². The van der Waals surface area contributed by atoms with Gasteiger partial charge in [-0.1, -0.05) is 40.5 Å². The summed E-state index contributed by atoms with van der Waals surface area (Å²) in [4.78, 5) is -1.66. The van der Waals surface area contributed by atoms with Crippen molar-refractivity contribution >= 4 is 27.5 Å². The Hall–Kier alpha value is -0.220. The van der Waals surface area contributed by atoms with Crippen LogP contribution >= 0.6 is 27.5 Å². The van der Waals surface area contributed by atoms with E-state index in [4.69, 9.17) is 11.6 Å². The monoisotopic (exact) mass is 300 g/mol. The van der Waals surface area contributed by atoms with E-state index >= 15 is 0 Å². The lowest BCUT2D eigenvalue weighted by Crippen LogP contribution is -2.15. The van der Waals surface area contributed by atoms with Crippen LogP contribution in [-0.2, 0) is 6.42 Å². The van der Waals surface area contributed by atoms with Crippen LogP contribution in [0.3, 0.4) is 0 Å². The van der Waals surface area contributed by atoms with Gasteiger partial charge in [-0.15, -0.1) is 0 Å². The zero-order chi connectivity index (χ0) is 11.6. The molecule has 0 saturated carbocycles. The Bertz CT molecular complexity index is 349. The second kappa shape index (κ2) is 4.74. The van der Waals surface area contributed by atoms with Gasteiger partial charge in [0, 0.05) is 5.02 Å². The van der Waals surface area contributed by atoms with Crippen LogP contribution in [0.25, 0.3) is 0 Å². The highest BCUT2D eigenvalue weighted by molar-refractivity contribution is 9.09. The van der Waals surface area contributed by atoms with E-state index in [0.717, 1.165) is 5.56 Å². The van der Waals surface area contributed by atoms with Gasteiger partial charge in [0.2, 0.25) is 0 Å². The molecule has 0 fully saturated rings. The molecule has 1 unspecified atom stereocenters. The van der Waals surface area contributed by atoms with Crippen molar-refractivity contribution in [1.82, 2.24) is 0 Å². The molecule has 0 spiro atoms. The molecule has 0 aromatic heterocycles. The minimum absolute atomic E-state index is 0.145. The average molecular weight is 302 g/mol. The fourth-order valence-corrected chi connectivity index (χ4v) is 1.75. The molecule has 0 aliphatic rings. The average Bonchev–Trinajstić information content (AvgIpc) is 2.14. The van der Waals surface area contributed by atoms with Gasteiger partial charge < -0.3 is 0 Å². The standard InChI is InChI=1S/C10H9BrClF3/c1-2-6-3-7(5-8(12)4-6)9(11)10(13,14)15/h3-5,9H,2H2,1H3. The number of rotatable bonds is 2. The summed E-state index contributed by atoms with van der Waals surface area (Å²) >= 11 is 8.36. The summed E-state index contributed by atoms with van der Waals surface area (Å²) < 4.78 is 37.2. The molecular weight excluding hydrogens is 292 g/mol. The lowest BCUT2D eigenvalue weighted by Gasteiger charge is -2.15. The quantitative estimate of drug-likeness (QED) is 0.682. The van der Waals surface area contributed by atoms with E-state index in [1.165, 1.54) is 12.1 Å². The molecule has 0 N–H and O–H groups in total. The van der Waals surface area contributed by atoms with Gasteiger partial charge in [-0.2, -0.15) is 13.2 Å². The van der Waals surface area contributed by atoms with Gasteiger partial charge in [0.15, 0.2) is 0 Å². The summed E-state index contributed by atoms with van der Waals surface area (Å²) in [6.45, 7) is 1.87. The second-order valence-electron chi connectivity index (χ2n) is 3.15. The Kier molecular flexibility index (Phi) is 4.06. The molecule has 0 heterocycles. The van der Waals surface area contributed by atoms with Crippen molar-refractivity contribution in [2.24, 2.45) is 0 Å². The van der Waals surface area contributed by atoms with Crippen molar-refractivity contribution in [2.45, 2.75) is 24.3 Å². The fourth-order valence-electron chi connectivity index (χ4n) is 1.21. The van der Waals surface area contributed by atoms with Crippen molar-refractivity contribution in [3.05, 3.63) is 34.3 Å². The summed E-state index contributed by atoms with van der Waals surface area (Å²) in [7, 11) is 0. The minimum atomic E-state index is -4.30.